The standard InChI is InChI=1S/C26H22N2O3/c1-18-12-14-21(16-19(18)2)27(24(29)15-13-20-8-4-3-5-9-20)17-28-25(30)22-10-6-7-11-23(22)26(28)31/h3-16H,17H2,1-2H3/b15-13+. The molecule has 1 aliphatic heterocycles. The van der Waals surface area contributed by atoms with Gasteiger partial charge < -0.3 is 0 Å². The molecule has 3 aromatic carbocycles. The Kier molecular flexibility index (Phi) is 5.50. The lowest BCUT2D eigenvalue weighted by molar-refractivity contribution is -0.114. The van der Waals surface area contributed by atoms with Gasteiger partial charge in [0.1, 0.15) is 6.67 Å². The van der Waals surface area contributed by atoms with E-state index in [-0.39, 0.29) is 12.6 Å². The Morgan fingerprint density at radius 2 is 1.45 bits per heavy atom. The van der Waals surface area contributed by atoms with Gasteiger partial charge in [0.05, 0.1) is 11.1 Å². The predicted octanol–water partition coefficient (Wildman–Crippen LogP) is 4.60. The van der Waals surface area contributed by atoms with E-state index < -0.39 is 11.8 Å². The number of benzene rings is 3. The van der Waals surface area contributed by atoms with E-state index in [1.807, 2.05) is 62.4 Å². The first kappa shape index (κ1) is 20.3. The molecule has 5 nitrogen and oxygen atoms in total. The summed E-state index contributed by atoms with van der Waals surface area (Å²) in [5.74, 6) is -1.10. The lowest BCUT2D eigenvalue weighted by Crippen LogP contribution is -2.43. The minimum atomic E-state index is -0.394. The molecule has 0 aromatic heterocycles. The second kappa shape index (κ2) is 8.40. The minimum Gasteiger partial charge on any atom is -0.290 e. The van der Waals surface area contributed by atoms with E-state index in [4.69, 9.17) is 0 Å². The number of nitrogens with zero attached hydrogens (tertiary/aromatic N) is 2. The summed E-state index contributed by atoms with van der Waals surface area (Å²) in [4.78, 5) is 41.4. The molecule has 0 atom stereocenters. The number of hydrogen-bond acceptors (Lipinski definition) is 3. The van der Waals surface area contributed by atoms with Crippen molar-refractivity contribution in [3.8, 4) is 0 Å². The van der Waals surface area contributed by atoms with E-state index in [0.717, 1.165) is 21.6 Å². The van der Waals surface area contributed by atoms with Crippen LogP contribution in [-0.2, 0) is 4.79 Å². The van der Waals surface area contributed by atoms with Gasteiger partial charge in [-0.15, -0.1) is 0 Å². The molecule has 4 rings (SSSR count). The van der Waals surface area contributed by atoms with Crippen LogP contribution < -0.4 is 4.90 Å². The van der Waals surface area contributed by atoms with Gasteiger partial charge in [-0.2, -0.15) is 0 Å². The van der Waals surface area contributed by atoms with Crippen molar-refractivity contribution in [2.75, 3.05) is 11.6 Å². The molecule has 1 heterocycles. The van der Waals surface area contributed by atoms with E-state index >= 15 is 0 Å². The molecule has 31 heavy (non-hydrogen) atoms. The normalized spacial score (nSPS) is 13.0. The number of imide groups is 1. The fraction of sp³-hybridized carbons (Fsp3) is 0.115. The number of amides is 3. The summed E-state index contributed by atoms with van der Waals surface area (Å²) in [5, 5.41) is 0. The van der Waals surface area contributed by atoms with Gasteiger partial charge in [0.2, 0.25) is 0 Å². The quantitative estimate of drug-likeness (QED) is 0.456. The fourth-order valence-corrected chi connectivity index (χ4v) is 3.50. The Labute approximate surface area is 181 Å². The van der Waals surface area contributed by atoms with Crippen molar-refractivity contribution < 1.29 is 14.4 Å². The molecule has 0 saturated carbocycles. The number of hydrogen-bond donors (Lipinski definition) is 0. The van der Waals surface area contributed by atoms with Crippen molar-refractivity contribution in [1.29, 1.82) is 0 Å². The van der Waals surface area contributed by atoms with Crippen LogP contribution in [-0.4, -0.2) is 29.3 Å². The third-order valence-electron chi connectivity index (χ3n) is 5.45. The van der Waals surface area contributed by atoms with Gasteiger partial charge in [-0.25, -0.2) is 0 Å². The molecule has 0 fully saturated rings. The molecule has 0 saturated heterocycles. The summed E-state index contributed by atoms with van der Waals surface area (Å²) >= 11 is 0. The van der Waals surface area contributed by atoms with Gasteiger partial charge in [-0.05, 0) is 60.9 Å². The Balaban J connectivity index is 1.67. The number of carbonyl (C=O) groups is 3. The van der Waals surface area contributed by atoms with Crippen molar-refractivity contribution in [3.05, 3.63) is 107 Å². The zero-order chi connectivity index (χ0) is 22.0. The third-order valence-corrected chi connectivity index (χ3v) is 5.45. The molecule has 5 heteroatoms. The van der Waals surface area contributed by atoms with Crippen molar-refractivity contribution >= 4 is 29.5 Å². The molecule has 0 aliphatic carbocycles. The monoisotopic (exact) mass is 410 g/mol. The summed E-state index contributed by atoms with van der Waals surface area (Å²) < 4.78 is 0. The highest BCUT2D eigenvalue weighted by molar-refractivity contribution is 6.21. The van der Waals surface area contributed by atoms with E-state index in [9.17, 15) is 14.4 Å². The van der Waals surface area contributed by atoms with Crippen LogP contribution in [0.4, 0.5) is 5.69 Å². The van der Waals surface area contributed by atoms with Gasteiger partial charge in [-0.1, -0.05) is 48.5 Å². The summed E-state index contributed by atoms with van der Waals surface area (Å²) in [6, 6.07) is 21.8. The number of fused-ring (bicyclic) bond motifs is 1. The zero-order valence-electron chi connectivity index (χ0n) is 17.4. The summed E-state index contributed by atoms with van der Waals surface area (Å²) in [7, 11) is 0. The first-order valence-electron chi connectivity index (χ1n) is 10.0. The molecule has 0 radical (unpaired) electrons. The molecular weight excluding hydrogens is 388 g/mol. The number of aryl methyl sites for hydroxylation is 2. The topological polar surface area (TPSA) is 57.7 Å². The zero-order valence-corrected chi connectivity index (χ0v) is 17.4. The molecular formula is C26H22N2O3. The Bertz CT molecular complexity index is 1160. The summed E-state index contributed by atoms with van der Waals surface area (Å²) in [6.07, 6.45) is 3.18. The van der Waals surface area contributed by atoms with Crippen LogP contribution in [0.5, 0.6) is 0 Å². The van der Waals surface area contributed by atoms with E-state index in [1.165, 1.54) is 11.0 Å². The van der Waals surface area contributed by atoms with Crippen molar-refractivity contribution in [2.45, 2.75) is 13.8 Å². The summed E-state index contributed by atoms with van der Waals surface area (Å²) in [6.45, 7) is 3.79. The second-order valence-electron chi connectivity index (χ2n) is 7.50. The van der Waals surface area contributed by atoms with Gasteiger partial charge >= 0.3 is 0 Å². The van der Waals surface area contributed by atoms with Gasteiger partial charge in [0.15, 0.2) is 0 Å². The number of anilines is 1. The molecule has 3 aromatic rings. The predicted molar refractivity (Wildman–Crippen MR) is 121 cm³/mol. The highest BCUT2D eigenvalue weighted by Gasteiger charge is 2.37. The maximum absolute atomic E-state index is 13.2. The average molecular weight is 410 g/mol. The van der Waals surface area contributed by atoms with Crippen LogP contribution in [0.2, 0.25) is 0 Å². The summed E-state index contributed by atoms with van der Waals surface area (Å²) in [5.41, 5.74) is 4.35. The molecule has 0 bridgehead atoms. The molecule has 154 valence electrons. The van der Waals surface area contributed by atoms with Crippen LogP contribution in [0.1, 0.15) is 37.4 Å². The fourth-order valence-electron chi connectivity index (χ4n) is 3.50. The van der Waals surface area contributed by atoms with Crippen molar-refractivity contribution in [3.63, 3.8) is 0 Å². The van der Waals surface area contributed by atoms with Crippen molar-refractivity contribution in [2.24, 2.45) is 0 Å². The maximum atomic E-state index is 13.2. The lowest BCUT2D eigenvalue weighted by atomic mass is 10.1. The van der Waals surface area contributed by atoms with Gasteiger partial charge in [0, 0.05) is 11.8 Å². The van der Waals surface area contributed by atoms with E-state index in [1.54, 1.807) is 30.3 Å². The van der Waals surface area contributed by atoms with Crippen LogP contribution in [0, 0.1) is 13.8 Å². The average Bonchev–Trinajstić information content (AvgIpc) is 3.03. The SMILES string of the molecule is Cc1ccc(N(CN2C(=O)c3ccccc3C2=O)C(=O)/C=C/c2ccccc2)cc1C. The molecule has 0 spiro atoms. The second-order valence-corrected chi connectivity index (χ2v) is 7.50. The Hall–Kier alpha value is -3.99. The third kappa shape index (κ3) is 4.03. The van der Waals surface area contributed by atoms with Gasteiger partial charge in [0.25, 0.3) is 17.7 Å². The molecule has 1 aliphatic rings. The smallest absolute Gasteiger partial charge is 0.263 e. The van der Waals surface area contributed by atoms with Crippen molar-refractivity contribution in [1.82, 2.24) is 4.90 Å². The highest BCUT2D eigenvalue weighted by Crippen LogP contribution is 2.25. The largest absolute Gasteiger partial charge is 0.290 e. The Morgan fingerprint density at radius 1 is 0.839 bits per heavy atom. The highest BCUT2D eigenvalue weighted by atomic mass is 16.2. The van der Waals surface area contributed by atoms with Crippen LogP contribution in [0.3, 0.4) is 0 Å². The first-order chi connectivity index (χ1) is 15.0. The van der Waals surface area contributed by atoms with E-state index in [2.05, 4.69) is 0 Å². The van der Waals surface area contributed by atoms with Gasteiger partial charge in [-0.3, -0.25) is 24.2 Å². The van der Waals surface area contributed by atoms with Crippen LogP contribution in [0.15, 0.2) is 78.9 Å². The Morgan fingerprint density at radius 3 is 2.06 bits per heavy atom. The van der Waals surface area contributed by atoms with E-state index in [0.29, 0.717) is 16.8 Å². The first-order valence-corrected chi connectivity index (χ1v) is 10.0. The lowest BCUT2D eigenvalue weighted by Gasteiger charge is -2.26. The minimum absolute atomic E-state index is 0.160. The number of carbonyl (C=O) groups excluding carboxylic acids is 3. The molecule has 0 unspecified atom stereocenters. The molecule has 0 N–H and O–H groups in total. The molecule has 3 amide bonds. The van der Waals surface area contributed by atoms with Crippen LogP contribution >= 0.6 is 0 Å². The number of rotatable bonds is 5. The van der Waals surface area contributed by atoms with Crippen LogP contribution in [0.25, 0.3) is 6.08 Å². The maximum Gasteiger partial charge on any atom is 0.263 e.